The van der Waals surface area contributed by atoms with E-state index in [9.17, 15) is 13.5 Å². The summed E-state index contributed by atoms with van der Waals surface area (Å²) in [6.45, 7) is 5.50. The second-order valence-electron chi connectivity index (χ2n) is 6.24. The first-order chi connectivity index (χ1) is 11.3. The molecule has 1 saturated heterocycles. The summed E-state index contributed by atoms with van der Waals surface area (Å²) in [6, 6.07) is 10.1. The number of hydrogen-bond donors (Lipinski definition) is 2. The van der Waals surface area contributed by atoms with Crippen LogP contribution in [0.25, 0.3) is 0 Å². The highest BCUT2D eigenvalue weighted by molar-refractivity contribution is 7.89. The van der Waals surface area contributed by atoms with Crippen molar-refractivity contribution in [2.45, 2.75) is 31.3 Å². The van der Waals surface area contributed by atoms with Crippen molar-refractivity contribution in [2.75, 3.05) is 13.1 Å². The number of pyridine rings is 1. The molecule has 0 bridgehead atoms. The van der Waals surface area contributed by atoms with E-state index in [1.807, 2.05) is 18.7 Å². The van der Waals surface area contributed by atoms with Crippen molar-refractivity contribution < 1.29 is 13.5 Å². The number of aromatic hydroxyl groups is 1. The zero-order chi connectivity index (χ0) is 17.3. The van der Waals surface area contributed by atoms with E-state index < -0.39 is 10.0 Å². The molecule has 1 aromatic heterocycles. The van der Waals surface area contributed by atoms with Gasteiger partial charge in [-0.2, -0.15) is 0 Å². The normalized spacial score (nSPS) is 16.1. The highest BCUT2D eigenvalue weighted by Gasteiger charge is 2.31. The van der Waals surface area contributed by atoms with Gasteiger partial charge in [0.2, 0.25) is 10.0 Å². The minimum absolute atomic E-state index is 0.122. The predicted molar refractivity (Wildman–Crippen MR) is 91.2 cm³/mol. The van der Waals surface area contributed by atoms with Crippen molar-refractivity contribution >= 4 is 10.0 Å². The van der Waals surface area contributed by atoms with Crippen LogP contribution in [0.5, 0.6) is 5.75 Å². The van der Waals surface area contributed by atoms with Gasteiger partial charge in [0.15, 0.2) is 0 Å². The Morgan fingerprint density at radius 3 is 2.50 bits per heavy atom. The Labute approximate surface area is 142 Å². The van der Waals surface area contributed by atoms with E-state index in [1.54, 1.807) is 36.4 Å². The fraction of sp³-hybridized carbons (Fsp3) is 0.353. The Hall–Kier alpha value is -1.96. The van der Waals surface area contributed by atoms with E-state index in [0.29, 0.717) is 25.3 Å². The maximum absolute atomic E-state index is 12.3. The summed E-state index contributed by atoms with van der Waals surface area (Å²) in [7, 11) is -3.49. The van der Waals surface area contributed by atoms with Crippen LogP contribution < -0.4 is 4.72 Å². The van der Waals surface area contributed by atoms with Gasteiger partial charge in [0.1, 0.15) is 5.75 Å². The Morgan fingerprint density at radius 1 is 1.17 bits per heavy atom. The minimum atomic E-state index is -3.49. The Bertz CT molecular complexity index is 829. The van der Waals surface area contributed by atoms with Crippen LogP contribution in [0.15, 0.2) is 41.3 Å². The van der Waals surface area contributed by atoms with Crippen LogP contribution >= 0.6 is 0 Å². The lowest BCUT2D eigenvalue weighted by molar-refractivity contribution is 0.129. The third-order valence-corrected chi connectivity index (χ3v) is 5.61. The van der Waals surface area contributed by atoms with Crippen LogP contribution in [0.2, 0.25) is 0 Å². The van der Waals surface area contributed by atoms with Gasteiger partial charge in [-0.1, -0.05) is 17.7 Å². The summed E-state index contributed by atoms with van der Waals surface area (Å²) in [5.74, 6) is 0.171. The third kappa shape index (κ3) is 3.75. The number of likely N-dealkylation sites (tertiary alicyclic amines) is 1. The first-order valence-electron chi connectivity index (χ1n) is 7.80. The summed E-state index contributed by atoms with van der Waals surface area (Å²) in [5.41, 5.74) is 2.49. The fourth-order valence-corrected chi connectivity index (χ4v) is 3.93. The SMILES string of the molecule is Cc1ccc(S(=O)(=O)NC2CN(Cc3nc(C)ccc3O)C2)cc1. The molecule has 128 valence electrons. The van der Waals surface area contributed by atoms with E-state index in [4.69, 9.17) is 0 Å². The molecule has 0 amide bonds. The molecule has 1 aliphatic heterocycles. The topological polar surface area (TPSA) is 82.5 Å². The smallest absolute Gasteiger partial charge is 0.240 e. The van der Waals surface area contributed by atoms with Crippen molar-refractivity contribution in [3.8, 4) is 5.75 Å². The summed E-state index contributed by atoms with van der Waals surface area (Å²) < 4.78 is 27.4. The molecule has 0 radical (unpaired) electrons. The molecule has 2 N–H and O–H groups in total. The molecule has 0 spiro atoms. The predicted octanol–water partition coefficient (Wildman–Crippen LogP) is 1.57. The fourth-order valence-electron chi connectivity index (χ4n) is 2.71. The lowest BCUT2D eigenvalue weighted by Crippen LogP contribution is -2.58. The molecule has 0 atom stereocenters. The van der Waals surface area contributed by atoms with Crippen LogP contribution in [-0.2, 0) is 16.6 Å². The van der Waals surface area contributed by atoms with Gasteiger partial charge in [-0.05, 0) is 38.1 Å². The molecule has 0 aliphatic carbocycles. The summed E-state index contributed by atoms with van der Waals surface area (Å²) in [5, 5.41) is 9.83. The molecular weight excluding hydrogens is 326 g/mol. The molecule has 2 heterocycles. The van der Waals surface area contributed by atoms with Crippen LogP contribution in [-0.4, -0.2) is 42.5 Å². The van der Waals surface area contributed by atoms with Crippen molar-refractivity contribution in [3.63, 3.8) is 0 Å². The Kier molecular flexibility index (Phi) is 4.58. The number of nitrogens with one attached hydrogen (secondary N) is 1. The van der Waals surface area contributed by atoms with Gasteiger partial charge < -0.3 is 5.11 Å². The van der Waals surface area contributed by atoms with Crippen LogP contribution in [0.3, 0.4) is 0 Å². The Balaban J connectivity index is 1.57. The highest BCUT2D eigenvalue weighted by atomic mass is 32.2. The number of nitrogens with zero attached hydrogens (tertiary/aromatic N) is 2. The molecule has 1 fully saturated rings. The number of hydrogen-bond acceptors (Lipinski definition) is 5. The second-order valence-corrected chi connectivity index (χ2v) is 7.96. The van der Waals surface area contributed by atoms with E-state index >= 15 is 0 Å². The monoisotopic (exact) mass is 347 g/mol. The number of aryl methyl sites for hydroxylation is 2. The van der Waals surface area contributed by atoms with E-state index in [2.05, 4.69) is 9.71 Å². The Morgan fingerprint density at radius 2 is 1.83 bits per heavy atom. The molecule has 24 heavy (non-hydrogen) atoms. The standard InChI is InChI=1S/C17H21N3O3S/c1-12-3-6-15(7-4-12)24(22,23)19-14-9-20(10-14)11-16-17(21)8-5-13(2)18-16/h3-8,14,19,21H,9-11H2,1-2H3. The van der Waals surface area contributed by atoms with Crippen molar-refractivity contribution in [1.82, 2.24) is 14.6 Å². The van der Waals surface area contributed by atoms with Crippen LogP contribution in [0.4, 0.5) is 0 Å². The van der Waals surface area contributed by atoms with Crippen molar-refractivity contribution in [1.29, 1.82) is 0 Å². The zero-order valence-electron chi connectivity index (χ0n) is 13.7. The van der Waals surface area contributed by atoms with Crippen LogP contribution in [0, 0.1) is 13.8 Å². The van der Waals surface area contributed by atoms with Gasteiger partial charge in [0.25, 0.3) is 0 Å². The zero-order valence-corrected chi connectivity index (χ0v) is 14.5. The van der Waals surface area contributed by atoms with E-state index in [-0.39, 0.29) is 16.7 Å². The first-order valence-corrected chi connectivity index (χ1v) is 9.29. The molecule has 3 rings (SSSR count). The maximum Gasteiger partial charge on any atom is 0.240 e. The molecular formula is C17H21N3O3S. The van der Waals surface area contributed by atoms with Gasteiger partial charge in [0.05, 0.1) is 10.6 Å². The molecule has 1 aromatic carbocycles. The number of rotatable bonds is 5. The molecule has 0 saturated carbocycles. The molecule has 2 aromatic rings. The highest BCUT2D eigenvalue weighted by Crippen LogP contribution is 2.21. The van der Waals surface area contributed by atoms with Gasteiger partial charge in [-0.15, -0.1) is 0 Å². The summed E-state index contributed by atoms with van der Waals surface area (Å²) >= 11 is 0. The molecule has 1 aliphatic rings. The average Bonchev–Trinajstić information content (AvgIpc) is 2.49. The van der Waals surface area contributed by atoms with E-state index in [0.717, 1.165) is 11.3 Å². The lowest BCUT2D eigenvalue weighted by Gasteiger charge is -2.39. The number of sulfonamides is 1. The molecule has 0 unspecified atom stereocenters. The van der Waals surface area contributed by atoms with Gasteiger partial charge in [0, 0.05) is 31.4 Å². The summed E-state index contributed by atoms with van der Waals surface area (Å²) in [6.07, 6.45) is 0. The maximum atomic E-state index is 12.3. The van der Waals surface area contributed by atoms with Gasteiger partial charge in [-0.3, -0.25) is 9.88 Å². The van der Waals surface area contributed by atoms with Gasteiger partial charge in [-0.25, -0.2) is 13.1 Å². The largest absolute Gasteiger partial charge is 0.506 e. The van der Waals surface area contributed by atoms with Crippen molar-refractivity contribution in [2.24, 2.45) is 0 Å². The van der Waals surface area contributed by atoms with Crippen LogP contribution in [0.1, 0.15) is 17.0 Å². The number of aromatic nitrogens is 1. The van der Waals surface area contributed by atoms with Gasteiger partial charge >= 0.3 is 0 Å². The quantitative estimate of drug-likeness (QED) is 0.858. The number of benzene rings is 1. The average molecular weight is 347 g/mol. The summed E-state index contributed by atoms with van der Waals surface area (Å²) in [4.78, 5) is 6.65. The van der Waals surface area contributed by atoms with E-state index in [1.165, 1.54) is 0 Å². The first kappa shape index (κ1) is 16.9. The molecule has 7 heteroatoms. The lowest BCUT2D eigenvalue weighted by atomic mass is 10.1. The third-order valence-electron chi connectivity index (χ3n) is 4.07. The second kappa shape index (κ2) is 6.51. The van der Waals surface area contributed by atoms with Crippen molar-refractivity contribution in [3.05, 3.63) is 53.3 Å². The minimum Gasteiger partial charge on any atom is -0.506 e. The molecule has 6 nitrogen and oxygen atoms in total.